The fourth-order valence-corrected chi connectivity index (χ4v) is 2.64. The molecule has 2 aromatic carbocycles. The molecule has 0 heterocycles. The second kappa shape index (κ2) is 5.41. The van der Waals surface area contributed by atoms with E-state index in [0.29, 0.717) is 5.88 Å². The molecule has 0 aliphatic carbocycles. The molecule has 0 saturated heterocycles. The number of rotatable bonds is 4. The molecule has 2 nitrogen and oxygen atoms in total. The standard InChI is InChI=1S/C16H19NOSi/c1-13(18-19(2,3)4)17-12-15-10-7-9-14-8-5-6-11-16(14)15/h5-12H,1H2,2-4H3/b17-12+. The van der Waals surface area contributed by atoms with E-state index in [1.165, 1.54) is 10.8 Å². The molecule has 0 saturated carbocycles. The Morgan fingerprint density at radius 2 is 1.79 bits per heavy atom. The second-order valence-corrected chi connectivity index (χ2v) is 9.86. The van der Waals surface area contributed by atoms with Crippen molar-refractivity contribution >= 4 is 25.3 Å². The number of hydrogen-bond donors (Lipinski definition) is 0. The molecule has 0 atom stereocenters. The SMILES string of the molecule is C=C(/N=C/c1cccc2ccccc12)O[Si](C)(C)C. The Labute approximate surface area is 115 Å². The van der Waals surface area contributed by atoms with Crippen LogP contribution in [0, 0.1) is 0 Å². The van der Waals surface area contributed by atoms with Crippen LogP contribution < -0.4 is 0 Å². The molecule has 0 aliphatic rings. The number of hydrogen-bond acceptors (Lipinski definition) is 2. The third-order valence-corrected chi connectivity index (χ3v) is 3.44. The molecule has 0 N–H and O–H groups in total. The monoisotopic (exact) mass is 269 g/mol. The first-order valence-electron chi connectivity index (χ1n) is 6.35. The van der Waals surface area contributed by atoms with Crippen LogP contribution in [0.4, 0.5) is 0 Å². The Morgan fingerprint density at radius 1 is 1.11 bits per heavy atom. The Kier molecular flexibility index (Phi) is 3.86. The summed E-state index contributed by atoms with van der Waals surface area (Å²) >= 11 is 0. The van der Waals surface area contributed by atoms with Gasteiger partial charge in [-0.2, -0.15) is 0 Å². The molecule has 2 aromatic rings. The summed E-state index contributed by atoms with van der Waals surface area (Å²) in [4.78, 5) is 4.32. The zero-order valence-electron chi connectivity index (χ0n) is 11.7. The summed E-state index contributed by atoms with van der Waals surface area (Å²) in [5.41, 5.74) is 1.08. The van der Waals surface area contributed by atoms with Gasteiger partial charge < -0.3 is 4.43 Å². The highest BCUT2D eigenvalue weighted by molar-refractivity contribution is 6.70. The molecule has 2 rings (SSSR count). The lowest BCUT2D eigenvalue weighted by Crippen LogP contribution is -2.24. The predicted octanol–water partition coefficient (Wildman–Crippen LogP) is 4.58. The Hall–Kier alpha value is -1.87. The van der Waals surface area contributed by atoms with Crippen molar-refractivity contribution in [3.8, 4) is 0 Å². The zero-order valence-corrected chi connectivity index (χ0v) is 12.7. The molecule has 98 valence electrons. The van der Waals surface area contributed by atoms with E-state index in [1.54, 1.807) is 0 Å². The van der Waals surface area contributed by atoms with Crippen LogP contribution in [0.25, 0.3) is 10.8 Å². The van der Waals surface area contributed by atoms with Crippen LogP contribution in [-0.4, -0.2) is 14.5 Å². The van der Waals surface area contributed by atoms with Gasteiger partial charge in [0, 0.05) is 11.8 Å². The molecule has 0 bridgehead atoms. The molecular formula is C16H19NOSi. The van der Waals surface area contributed by atoms with E-state index in [0.717, 1.165) is 5.56 Å². The van der Waals surface area contributed by atoms with Gasteiger partial charge >= 0.3 is 0 Å². The second-order valence-electron chi connectivity index (χ2n) is 5.43. The van der Waals surface area contributed by atoms with Crippen molar-refractivity contribution in [2.24, 2.45) is 4.99 Å². The quantitative estimate of drug-likeness (QED) is 0.452. The van der Waals surface area contributed by atoms with Crippen molar-refractivity contribution < 1.29 is 4.43 Å². The first-order chi connectivity index (χ1) is 8.96. The van der Waals surface area contributed by atoms with Gasteiger partial charge in [-0.25, -0.2) is 4.99 Å². The molecule has 0 amide bonds. The first kappa shape index (κ1) is 13.6. The predicted molar refractivity (Wildman–Crippen MR) is 85.1 cm³/mol. The van der Waals surface area contributed by atoms with E-state index < -0.39 is 8.32 Å². The Balaban J connectivity index is 2.24. The fourth-order valence-electron chi connectivity index (χ4n) is 1.88. The summed E-state index contributed by atoms with van der Waals surface area (Å²) in [6.45, 7) is 10.2. The van der Waals surface area contributed by atoms with Gasteiger partial charge in [-0.05, 0) is 37.0 Å². The maximum Gasteiger partial charge on any atom is 0.244 e. The lowest BCUT2D eigenvalue weighted by atomic mass is 10.1. The average molecular weight is 269 g/mol. The largest absolute Gasteiger partial charge is 0.532 e. The summed E-state index contributed by atoms with van der Waals surface area (Å²) in [7, 11) is -1.63. The third-order valence-electron chi connectivity index (χ3n) is 2.59. The van der Waals surface area contributed by atoms with Gasteiger partial charge in [-0.1, -0.05) is 42.5 Å². The highest BCUT2D eigenvalue weighted by Gasteiger charge is 2.16. The van der Waals surface area contributed by atoms with Crippen molar-refractivity contribution in [1.82, 2.24) is 0 Å². The summed E-state index contributed by atoms with van der Waals surface area (Å²) < 4.78 is 5.72. The van der Waals surface area contributed by atoms with Crippen molar-refractivity contribution in [2.75, 3.05) is 0 Å². The molecule has 19 heavy (non-hydrogen) atoms. The number of fused-ring (bicyclic) bond motifs is 1. The van der Waals surface area contributed by atoms with E-state index in [2.05, 4.69) is 49.4 Å². The van der Waals surface area contributed by atoms with Crippen molar-refractivity contribution in [3.05, 3.63) is 60.5 Å². The molecule has 3 heteroatoms. The normalized spacial score (nSPS) is 11.9. The zero-order chi connectivity index (χ0) is 13.9. The third kappa shape index (κ3) is 3.79. The van der Waals surface area contributed by atoms with E-state index in [9.17, 15) is 0 Å². The molecular weight excluding hydrogens is 250 g/mol. The van der Waals surface area contributed by atoms with Gasteiger partial charge in [0.25, 0.3) is 0 Å². The minimum Gasteiger partial charge on any atom is -0.532 e. The molecule has 0 spiro atoms. The summed E-state index contributed by atoms with van der Waals surface area (Å²) in [6, 6.07) is 14.4. The van der Waals surface area contributed by atoms with Crippen molar-refractivity contribution in [2.45, 2.75) is 19.6 Å². The molecule has 0 radical (unpaired) electrons. The van der Waals surface area contributed by atoms with Gasteiger partial charge in [0.2, 0.25) is 8.32 Å². The van der Waals surface area contributed by atoms with Crippen molar-refractivity contribution in [3.63, 3.8) is 0 Å². The van der Waals surface area contributed by atoms with Crippen LogP contribution in [0.2, 0.25) is 19.6 Å². The Bertz CT molecular complexity index is 621. The average Bonchev–Trinajstić information content (AvgIpc) is 2.34. The van der Waals surface area contributed by atoms with Crippen LogP contribution in [-0.2, 0) is 4.43 Å². The van der Waals surface area contributed by atoms with E-state index >= 15 is 0 Å². The van der Waals surface area contributed by atoms with E-state index in [1.807, 2.05) is 30.5 Å². The van der Waals surface area contributed by atoms with Crippen LogP contribution in [0.1, 0.15) is 5.56 Å². The van der Waals surface area contributed by atoms with Gasteiger partial charge in [0.05, 0.1) is 0 Å². The molecule has 0 aliphatic heterocycles. The molecule has 0 unspecified atom stereocenters. The first-order valence-corrected chi connectivity index (χ1v) is 9.76. The lowest BCUT2D eigenvalue weighted by Gasteiger charge is -2.17. The number of benzene rings is 2. The van der Waals surface area contributed by atoms with Crippen LogP contribution >= 0.6 is 0 Å². The highest BCUT2D eigenvalue weighted by atomic mass is 28.4. The number of nitrogens with zero attached hydrogens (tertiary/aromatic N) is 1. The van der Waals surface area contributed by atoms with Gasteiger partial charge in [-0.15, -0.1) is 0 Å². The maximum absolute atomic E-state index is 5.72. The lowest BCUT2D eigenvalue weighted by molar-refractivity contribution is 0.421. The van der Waals surface area contributed by atoms with E-state index in [4.69, 9.17) is 4.43 Å². The summed E-state index contributed by atoms with van der Waals surface area (Å²) in [5.74, 6) is 0.493. The van der Waals surface area contributed by atoms with Crippen LogP contribution in [0.5, 0.6) is 0 Å². The van der Waals surface area contributed by atoms with Crippen LogP contribution in [0.15, 0.2) is 59.9 Å². The summed E-state index contributed by atoms with van der Waals surface area (Å²) in [5, 5.41) is 2.40. The highest BCUT2D eigenvalue weighted by Crippen LogP contribution is 2.17. The van der Waals surface area contributed by atoms with Gasteiger partial charge in [0.1, 0.15) is 0 Å². The molecule has 0 fully saturated rings. The smallest absolute Gasteiger partial charge is 0.244 e. The van der Waals surface area contributed by atoms with Gasteiger partial charge in [-0.3, -0.25) is 0 Å². The molecule has 0 aromatic heterocycles. The van der Waals surface area contributed by atoms with E-state index in [-0.39, 0.29) is 0 Å². The Morgan fingerprint density at radius 3 is 2.53 bits per heavy atom. The minimum atomic E-state index is -1.63. The fraction of sp³-hybridized carbons (Fsp3) is 0.188. The van der Waals surface area contributed by atoms with Crippen molar-refractivity contribution in [1.29, 1.82) is 0 Å². The maximum atomic E-state index is 5.72. The minimum absolute atomic E-state index is 0.493. The van der Waals surface area contributed by atoms with Crippen LogP contribution in [0.3, 0.4) is 0 Å². The topological polar surface area (TPSA) is 21.6 Å². The van der Waals surface area contributed by atoms with Gasteiger partial charge in [0.15, 0.2) is 5.88 Å². The number of aliphatic imine (C=N–C) groups is 1. The summed E-state index contributed by atoms with van der Waals surface area (Å²) in [6.07, 6.45) is 1.82.